The minimum absolute atomic E-state index is 0.0731. The maximum absolute atomic E-state index is 12.6. The van der Waals surface area contributed by atoms with Crippen LogP contribution in [0.3, 0.4) is 0 Å². The third-order valence-electron chi connectivity index (χ3n) is 4.47. The minimum atomic E-state index is -0.308. The fourth-order valence-corrected chi connectivity index (χ4v) is 3.74. The topological polar surface area (TPSA) is 90.9 Å². The zero-order chi connectivity index (χ0) is 20.1. The van der Waals surface area contributed by atoms with E-state index in [1.807, 2.05) is 48.5 Å². The molecule has 0 bridgehead atoms. The van der Waals surface area contributed by atoms with Gasteiger partial charge in [-0.3, -0.25) is 9.78 Å². The van der Waals surface area contributed by atoms with Gasteiger partial charge in [0.25, 0.3) is 0 Å². The van der Waals surface area contributed by atoms with Gasteiger partial charge in [0.1, 0.15) is 11.6 Å². The number of imidazole rings is 1. The number of hydrogen-bond donors (Lipinski definition) is 3. The summed E-state index contributed by atoms with van der Waals surface area (Å²) < 4.78 is 0. The Kier molecular flexibility index (Phi) is 5.76. The predicted molar refractivity (Wildman–Crippen MR) is 114 cm³/mol. The highest BCUT2D eigenvalue weighted by Gasteiger charge is 2.19. The normalized spacial score (nSPS) is 12.0. The van der Waals surface area contributed by atoms with Gasteiger partial charge in [0, 0.05) is 17.3 Å². The van der Waals surface area contributed by atoms with Crippen LogP contribution in [-0.4, -0.2) is 31.7 Å². The Morgan fingerprint density at radius 3 is 2.59 bits per heavy atom. The number of thioether (sulfide) groups is 1. The Balaban J connectivity index is 1.52. The van der Waals surface area contributed by atoms with Crippen LogP contribution >= 0.6 is 11.8 Å². The minimum Gasteiger partial charge on any atom is -0.508 e. The Bertz CT molecular complexity index is 1060. The highest BCUT2D eigenvalue weighted by molar-refractivity contribution is 8.00. The summed E-state index contributed by atoms with van der Waals surface area (Å²) in [6.07, 6.45) is 3.98. The van der Waals surface area contributed by atoms with Crippen LogP contribution in [0.25, 0.3) is 11.0 Å². The number of carbonyl (C=O) groups is 1. The quantitative estimate of drug-likeness (QED) is 0.407. The van der Waals surface area contributed by atoms with E-state index in [0.29, 0.717) is 18.0 Å². The fourth-order valence-electron chi connectivity index (χ4n) is 3.04. The third kappa shape index (κ3) is 4.94. The van der Waals surface area contributed by atoms with E-state index in [-0.39, 0.29) is 17.7 Å². The molecule has 2 aromatic carbocycles. The van der Waals surface area contributed by atoms with E-state index in [4.69, 9.17) is 0 Å². The summed E-state index contributed by atoms with van der Waals surface area (Å²) in [5, 5.41) is 12.6. The zero-order valence-electron chi connectivity index (χ0n) is 15.6. The van der Waals surface area contributed by atoms with E-state index < -0.39 is 0 Å². The molecule has 4 aromatic rings. The Labute approximate surface area is 172 Å². The number of rotatable bonds is 7. The molecule has 0 saturated carbocycles. The summed E-state index contributed by atoms with van der Waals surface area (Å²) in [7, 11) is 0. The Morgan fingerprint density at radius 2 is 1.83 bits per heavy atom. The summed E-state index contributed by atoms with van der Waals surface area (Å²) in [4.78, 5) is 25.6. The van der Waals surface area contributed by atoms with Crippen molar-refractivity contribution in [1.29, 1.82) is 0 Å². The lowest BCUT2D eigenvalue weighted by Crippen LogP contribution is -2.32. The Hall–Kier alpha value is -3.32. The lowest BCUT2D eigenvalue weighted by atomic mass is 10.1. The van der Waals surface area contributed by atoms with E-state index in [9.17, 15) is 9.90 Å². The van der Waals surface area contributed by atoms with Gasteiger partial charge in [0.15, 0.2) is 0 Å². The van der Waals surface area contributed by atoms with Gasteiger partial charge in [-0.25, -0.2) is 4.98 Å². The van der Waals surface area contributed by atoms with Crippen molar-refractivity contribution in [3.8, 4) is 5.75 Å². The molecule has 1 atom stereocenters. The number of para-hydroxylation sites is 2. The van der Waals surface area contributed by atoms with Crippen molar-refractivity contribution < 1.29 is 9.90 Å². The summed E-state index contributed by atoms with van der Waals surface area (Å²) in [6.45, 7) is 0. The number of phenols is 1. The molecule has 0 radical (unpaired) electrons. The average Bonchev–Trinajstić information content (AvgIpc) is 3.18. The number of benzene rings is 2. The first-order valence-electron chi connectivity index (χ1n) is 9.22. The van der Waals surface area contributed by atoms with Crippen LogP contribution in [0.5, 0.6) is 5.75 Å². The first-order valence-corrected chi connectivity index (χ1v) is 10.2. The smallest absolute Gasteiger partial charge is 0.230 e. The van der Waals surface area contributed by atoms with E-state index in [1.165, 1.54) is 11.8 Å². The van der Waals surface area contributed by atoms with Crippen molar-refractivity contribution in [2.75, 3.05) is 5.75 Å². The largest absolute Gasteiger partial charge is 0.508 e. The number of amides is 1. The zero-order valence-corrected chi connectivity index (χ0v) is 16.4. The summed E-state index contributed by atoms with van der Waals surface area (Å²) in [5.41, 5.74) is 2.78. The van der Waals surface area contributed by atoms with E-state index in [2.05, 4.69) is 20.3 Å². The van der Waals surface area contributed by atoms with Crippen LogP contribution in [0.2, 0.25) is 0 Å². The van der Waals surface area contributed by atoms with Gasteiger partial charge < -0.3 is 15.4 Å². The van der Waals surface area contributed by atoms with Crippen molar-refractivity contribution in [2.24, 2.45) is 0 Å². The molecule has 29 heavy (non-hydrogen) atoms. The lowest BCUT2D eigenvalue weighted by molar-refractivity contribution is -0.119. The molecule has 0 unspecified atom stereocenters. The average molecular weight is 404 g/mol. The molecule has 4 rings (SSSR count). The molecule has 2 aromatic heterocycles. The molecular weight excluding hydrogens is 384 g/mol. The van der Waals surface area contributed by atoms with Gasteiger partial charge in [-0.15, -0.1) is 11.8 Å². The highest BCUT2D eigenvalue weighted by atomic mass is 32.2. The molecule has 0 saturated heterocycles. The molecule has 0 aliphatic rings. The Morgan fingerprint density at radius 1 is 1.07 bits per heavy atom. The first-order chi connectivity index (χ1) is 14.2. The van der Waals surface area contributed by atoms with Gasteiger partial charge in [0.05, 0.1) is 22.8 Å². The monoisotopic (exact) mass is 404 g/mol. The van der Waals surface area contributed by atoms with Crippen LogP contribution in [0, 0.1) is 0 Å². The second-order valence-electron chi connectivity index (χ2n) is 6.60. The first kappa shape index (κ1) is 19.0. The van der Waals surface area contributed by atoms with Crippen LogP contribution in [0.1, 0.15) is 17.4 Å². The van der Waals surface area contributed by atoms with E-state index in [0.717, 1.165) is 21.5 Å². The molecule has 6 nitrogen and oxygen atoms in total. The number of carbonyl (C=O) groups excluding carboxylic acids is 1. The number of aromatic hydroxyl groups is 1. The SMILES string of the molecule is O=C(CSc1ccncc1)N[C@@H](Cc1ccc(O)cc1)c1nc2ccccc2[nH]1. The number of H-pyrrole nitrogens is 1. The molecule has 1 amide bonds. The molecule has 0 aliphatic heterocycles. The third-order valence-corrected chi connectivity index (χ3v) is 5.48. The summed E-state index contributed by atoms with van der Waals surface area (Å²) >= 11 is 1.46. The van der Waals surface area contributed by atoms with Crippen molar-refractivity contribution >= 4 is 28.7 Å². The number of fused-ring (bicyclic) bond motifs is 1. The number of nitrogens with zero attached hydrogens (tertiary/aromatic N) is 2. The predicted octanol–water partition coefficient (Wildman–Crippen LogP) is 3.86. The number of hydrogen-bond acceptors (Lipinski definition) is 5. The number of aromatic amines is 1. The van der Waals surface area contributed by atoms with Crippen molar-refractivity contribution in [3.63, 3.8) is 0 Å². The molecular formula is C22H20N4O2S. The van der Waals surface area contributed by atoms with E-state index in [1.54, 1.807) is 24.5 Å². The molecule has 146 valence electrons. The number of phenolic OH excluding ortho intramolecular Hbond substituents is 1. The molecule has 0 aliphatic carbocycles. The molecule has 0 spiro atoms. The van der Waals surface area contributed by atoms with Gasteiger partial charge in [-0.2, -0.15) is 0 Å². The maximum Gasteiger partial charge on any atom is 0.230 e. The lowest BCUT2D eigenvalue weighted by Gasteiger charge is -2.17. The summed E-state index contributed by atoms with van der Waals surface area (Å²) in [6, 6.07) is 18.2. The molecule has 0 fully saturated rings. The van der Waals surface area contributed by atoms with Gasteiger partial charge in [0.2, 0.25) is 5.91 Å². The molecule has 7 heteroatoms. The highest BCUT2D eigenvalue weighted by Crippen LogP contribution is 2.22. The number of aromatic nitrogens is 3. The van der Waals surface area contributed by atoms with Crippen LogP contribution in [0.4, 0.5) is 0 Å². The van der Waals surface area contributed by atoms with Crippen molar-refractivity contribution in [3.05, 3.63) is 84.4 Å². The van der Waals surface area contributed by atoms with E-state index >= 15 is 0 Å². The second-order valence-corrected chi connectivity index (χ2v) is 7.65. The van der Waals surface area contributed by atoms with Crippen molar-refractivity contribution in [1.82, 2.24) is 20.3 Å². The van der Waals surface area contributed by atoms with Crippen LogP contribution < -0.4 is 5.32 Å². The summed E-state index contributed by atoms with van der Waals surface area (Å²) in [5.74, 6) is 1.15. The second kappa shape index (κ2) is 8.79. The maximum atomic E-state index is 12.6. The van der Waals surface area contributed by atoms with Crippen molar-refractivity contribution in [2.45, 2.75) is 17.4 Å². The number of pyridine rings is 1. The van der Waals surface area contributed by atoms with Gasteiger partial charge in [-0.05, 0) is 48.4 Å². The molecule has 2 heterocycles. The fraction of sp³-hybridized carbons (Fsp3) is 0.136. The standard InChI is InChI=1S/C22H20N4O2S/c27-16-7-5-15(6-8-16)13-20(22-25-18-3-1-2-4-19(18)26-22)24-21(28)14-29-17-9-11-23-12-10-17/h1-12,20,27H,13-14H2,(H,24,28)(H,25,26)/t20-/m0/s1. The number of nitrogens with one attached hydrogen (secondary N) is 2. The molecule has 3 N–H and O–H groups in total. The van der Waals surface area contributed by atoms with Crippen LogP contribution in [0.15, 0.2) is 78.0 Å². The van der Waals surface area contributed by atoms with Gasteiger partial charge >= 0.3 is 0 Å². The van der Waals surface area contributed by atoms with Gasteiger partial charge in [-0.1, -0.05) is 24.3 Å². The van der Waals surface area contributed by atoms with Crippen LogP contribution in [-0.2, 0) is 11.2 Å².